The lowest BCUT2D eigenvalue weighted by Crippen LogP contribution is -2.16. The average molecular weight is 278 g/mol. The molecular formula is C8H12BrN3O3. The SMILES string of the molecule is O=[N+]([O-])c1nccn1CC(O)CCCBr. The van der Waals surface area contributed by atoms with Crippen molar-refractivity contribution in [3.63, 3.8) is 0 Å². The van der Waals surface area contributed by atoms with E-state index in [1.54, 1.807) is 0 Å². The van der Waals surface area contributed by atoms with Crippen LogP contribution in [0.3, 0.4) is 0 Å². The summed E-state index contributed by atoms with van der Waals surface area (Å²) in [7, 11) is 0. The van der Waals surface area contributed by atoms with E-state index in [4.69, 9.17) is 0 Å². The molecule has 7 heteroatoms. The van der Waals surface area contributed by atoms with E-state index in [0.29, 0.717) is 6.42 Å². The molecule has 0 fully saturated rings. The molecule has 0 aromatic carbocycles. The van der Waals surface area contributed by atoms with E-state index in [-0.39, 0.29) is 12.5 Å². The zero-order valence-electron chi connectivity index (χ0n) is 8.04. The van der Waals surface area contributed by atoms with Crippen molar-refractivity contribution in [3.8, 4) is 0 Å². The number of halogens is 1. The standard InChI is InChI=1S/C8H12BrN3O3/c9-3-1-2-7(13)6-11-5-4-10-8(11)12(14)15/h4-5,7,13H,1-3,6H2. The smallest absolute Gasteiger partial charge is 0.390 e. The molecule has 0 aliphatic heterocycles. The summed E-state index contributed by atoms with van der Waals surface area (Å²) in [5.41, 5.74) is 0. The maximum atomic E-state index is 10.5. The first-order chi connectivity index (χ1) is 7.15. The third-order valence-corrected chi connectivity index (χ3v) is 2.50. The maximum absolute atomic E-state index is 10.5. The molecular weight excluding hydrogens is 266 g/mol. The Morgan fingerprint density at radius 1 is 1.73 bits per heavy atom. The minimum absolute atomic E-state index is 0.212. The molecule has 0 radical (unpaired) electrons. The minimum Gasteiger partial charge on any atom is -0.390 e. The topological polar surface area (TPSA) is 81.2 Å². The van der Waals surface area contributed by atoms with Gasteiger partial charge in [-0.3, -0.25) is 0 Å². The first-order valence-corrected chi connectivity index (χ1v) is 5.67. The normalized spacial score (nSPS) is 12.7. The third-order valence-electron chi connectivity index (χ3n) is 1.94. The second kappa shape index (κ2) is 5.82. The van der Waals surface area contributed by atoms with E-state index in [1.165, 1.54) is 17.0 Å². The number of aliphatic hydroxyl groups excluding tert-OH is 1. The molecule has 1 unspecified atom stereocenters. The van der Waals surface area contributed by atoms with Gasteiger partial charge in [-0.25, -0.2) is 4.57 Å². The Morgan fingerprint density at radius 3 is 3.07 bits per heavy atom. The van der Waals surface area contributed by atoms with Crippen LogP contribution < -0.4 is 0 Å². The predicted octanol–water partition coefficient (Wildman–Crippen LogP) is 1.33. The highest BCUT2D eigenvalue weighted by Crippen LogP contribution is 2.10. The quantitative estimate of drug-likeness (QED) is 0.483. The van der Waals surface area contributed by atoms with Crippen molar-refractivity contribution in [1.29, 1.82) is 0 Å². The van der Waals surface area contributed by atoms with E-state index < -0.39 is 11.0 Å². The molecule has 0 saturated heterocycles. The molecule has 6 nitrogen and oxygen atoms in total. The second-order valence-corrected chi connectivity index (χ2v) is 3.91. The lowest BCUT2D eigenvalue weighted by atomic mass is 10.2. The summed E-state index contributed by atoms with van der Waals surface area (Å²) in [6.45, 7) is 0.212. The molecule has 1 N–H and O–H groups in total. The molecule has 1 rings (SSSR count). The Morgan fingerprint density at radius 2 is 2.47 bits per heavy atom. The summed E-state index contributed by atoms with van der Waals surface area (Å²) in [6.07, 6.45) is 3.73. The highest BCUT2D eigenvalue weighted by Gasteiger charge is 2.16. The monoisotopic (exact) mass is 277 g/mol. The first kappa shape index (κ1) is 12.1. The van der Waals surface area contributed by atoms with Gasteiger partial charge in [0.15, 0.2) is 0 Å². The number of aliphatic hydroxyl groups is 1. The molecule has 84 valence electrons. The van der Waals surface area contributed by atoms with Crippen molar-refractivity contribution in [1.82, 2.24) is 9.55 Å². The van der Waals surface area contributed by atoms with Crippen molar-refractivity contribution < 1.29 is 10.0 Å². The lowest BCUT2D eigenvalue weighted by molar-refractivity contribution is -0.397. The lowest BCUT2D eigenvalue weighted by Gasteiger charge is -2.08. The Bertz CT molecular complexity index is 329. The van der Waals surface area contributed by atoms with Gasteiger partial charge >= 0.3 is 5.95 Å². The summed E-state index contributed by atoms with van der Waals surface area (Å²) in [5.74, 6) is -0.229. The number of nitro groups is 1. The number of hydrogen-bond donors (Lipinski definition) is 1. The first-order valence-electron chi connectivity index (χ1n) is 4.54. The summed E-state index contributed by atoms with van der Waals surface area (Å²) >= 11 is 3.26. The number of alkyl halides is 1. The van der Waals surface area contributed by atoms with Crippen LogP contribution in [-0.2, 0) is 6.54 Å². The van der Waals surface area contributed by atoms with Crippen molar-refractivity contribution >= 4 is 21.9 Å². The van der Waals surface area contributed by atoms with E-state index in [1.807, 2.05) is 0 Å². The highest BCUT2D eigenvalue weighted by atomic mass is 79.9. The fourth-order valence-electron chi connectivity index (χ4n) is 1.25. The molecule has 1 aromatic heterocycles. The van der Waals surface area contributed by atoms with Gasteiger partial charge in [0.1, 0.15) is 12.4 Å². The summed E-state index contributed by atoms with van der Waals surface area (Å²) in [5, 5.41) is 20.9. The summed E-state index contributed by atoms with van der Waals surface area (Å²) < 4.78 is 1.35. The molecule has 0 amide bonds. The van der Waals surface area contributed by atoms with Gasteiger partial charge in [0.05, 0.1) is 12.6 Å². The van der Waals surface area contributed by atoms with Crippen LogP contribution in [-0.4, -0.2) is 31.0 Å². The number of imidazole rings is 1. The highest BCUT2D eigenvalue weighted by molar-refractivity contribution is 9.09. The minimum atomic E-state index is -0.574. The van der Waals surface area contributed by atoms with Gasteiger partial charge in [0.25, 0.3) is 0 Å². The van der Waals surface area contributed by atoms with Crippen LogP contribution in [0.5, 0.6) is 0 Å². The Balaban J connectivity index is 2.56. The van der Waals surface area contributed by atoms with Crippen LogP contribution in [0.4, 0.5) is 5.95 Å². The Hall–Kier alpha value is -0.950. The predicted molar refractivity (Wildman–Crippen MR) is 57.9 cm³/mol. The Kier molecular flexibility index (Phi) is 4.70. The molecule has 1 atom stereocenters. The molecule has 0 aliphatic carbocycles. The van der Waals surface area contributed by atoms with Crippen LogP contribution in [0.15, 0.2) is 12.4 Å². The van der Waals surface area contributed by atoms with E-state index in [9.17, 15) is 15.2 Å². The van der Waals surface area contributed by atoms with Crippen molar-refractivity contribution in [2.45, 2.75) is 25.5 Å². The van der Waals surface area contributed by atoms with Gasteiger partial charge in [-0.05, 0) is 17.8 Å². The zero-order valence-corrected chi connectivity index (χ0v) is 9.63. The number of aromatic nitrogens is 2. The number of nitrogens with zero attached hydrogens (tertiary/aromatic N) is 3. The molecule has 0 saturated carbocycles. The van der Waals surface area contributed by atoms with Crippen LogP contribution in [0, 0.1) is 10.1 Å². The largest absolute Gasteiger partial charge is 0.434 e. The fraction of sp³-hybridized carbons (Fsp3) is 0.625. The third kappa shape index (κ3) is 3.60. The van der Waals surface area contributed by atoms with Crippen LogP contribution in [0.25, 0.3) is 0 Å². The molecule has 1 heterocycles. The Labute approximate surface area is 95.2 Å². The molecule has 15 heavy (non-hydrogen) atoms. The zero-order chi connectivity index (χ0) is 11.3. The maximum Gasteiger partial charge on any atom is 0.434 e. The van der Waals surface area contributed by atoms with Crippen molar-refractivity contribution in [2.24, 2.45) is 0 Å². The summed E-state index contributed by atoms with van der Waals surface area (Å²) in [6, 6.07) is 0. The fourth-order valence-corrected chi connectivity index (χ4v) is 1.57. The van der Waals surface area contributed by atoms with E-state index in [2.05, 4.69) is 20.9 Å². The average Bonchev–Trinajstić information content (AvgIpc) is 2.62. The van der Waals surface area contributed by atoms with Gasteiger partial charge in [-0.2, -0.15) is 0 Å². The molecule has 1 aromatic rings. The van der Waals surface area contributed by atoms with Crippen molar-refractivity contribution in [3.05, 3.63) is 22.5 Å². The van der Waals surface area contributed by atoms with Gasteiger partial charge in [-0.15, -0.1) is 0 Å². The molecule has 0 bridgehead atoms. The van der Waals surface area contributed by atoms with Gasteiger partial charge in [-0.1, -0.05) is 20.9 Å². The van der Waals surface area contributed by atoms with Crippen LogP contribution in [0.1, 0.15) is 12.8 Å². The molecule has 0 aliphatic rings. The van der Waals surface area contributed by atoms with Crippen LogP contribution >= 0.6 is 15.9 Å². The van der Waals surface area contributed by atoms with Gasteiger partial charge < -0.3 is 15.2 Å². The summed E-state index contributed by atoms with van der Waals surface area (Å²) in [4.78, 5) is 13.5. The van der Waals surface area contributed by atoms with Gasteiger partial charge in [0, 0.05) is 5.33 Å². The van der Waals surface area contributed by atoms with Crippen LogP contribution in [0.2, 0.25) is 0 Å². The van der Waals surface area contributed by atoms with E-state index in [0.717, 1.165) is 11.8 Å². The van der Waals surface area contributed by atoms with E-state index >= 15 is 0 Å². The number of hydrogen-bond acceptors (Lipinski definition) is 4. The number of rotatable bonds is 6. The second-order valence-electron chi connectivity index (χ2n) is 3.12. The molecule has 0 spiro atoms. The van der Waals surface area contributed by atoms with Crippen molar-refractivity contribution in [2.75, 3.05) is 5.33 Å². The van der Waals surface area contributed by atoms with Gasteiger partial charge in [0.2, 0.25) is 0 Å².